The first-order valence-corrected chi connectivity index (χ1v) is 6.24. The van der Waals surface area contributed by atoms with Crippen LogP contribution in [0.4, 0.5) is 4.79 Å². The number of rotatable bonds is 5. The minimum absolute atomic E-state index is 0.0738. The molecule has 0 saturated carbocycles. The van der Waals surface area contributed by atoms with Gasteiger partial charge in [-0.25, -0.2) is 14.6 Å². The first-order valence-electron chi connectivity index (χ1n) is 6.24. The maximum Gasteiger partial charge on any atom is 0.408 e. The number of carboxylic acids is 1. The van der Waals surface area contributed by atoms with E-state index in [9.17, 15) is 14.7 Å². The Bertz CT molecular complexity index is 624. The zero-order valence-electron chi connectivity index (χ0n) is 11.4. The number of aliphatic carboxylic acids is 1. The molecule has 110 valence electrons. The standard InChI is InChI=1S/C14H15N3O4/c1-17-9-15-7-11(17)12(13(18)19)16-14(20)21-8-10-5-3-2-4-6-10/h2-7,9,12H,8H2,1H3,(H,16,20)(H,18,19). The van der Waals surface area contributed by atoms with E-state index in [1.807, 2.05) is 30.3 Å². The number of amides is 1. The van der Waals surface area contributed by atoms with E-state index in [-0.39, 0.29) is 6.61 Å². The molecule has 21 heavy (non-hydrogen) atoms. The summed E-state index contributed by atoms with van der Waals surface area (Å²) in [4.78, 5) is 26.8. The minimum atomic E-state index is -1.21. The highest BCUT2D eigenvalue weighted by Crippen LogP contribution is 2.12. The molecule has 1 aromatic carbocycles. The number of carbonyl (C=O) groups excluding carboxylic acids is 1. The Morgan fingerprint density at radius 3 is 2.67 bits per heavy atom. The van der Waals surface area contributed by atoms with Crippen molar-refractivity contribution in [1.82, 2.24) is 14.9 Å². The number of carbonyl (C=O) groups is 2. The van der Waals surface area contributed by atoms with E-state index >= 15 is 0 Å². The number of benzene rings is 1. The van der Waals surface area contributed by atoms with Gasteiger partial charge in [-0.05, 0) is 5.56 Å². The summed E-state index contributed by atoms with van der Waals surface area (Å²) in [5.74, 6) is -1.18. The van der Waals surface area contributed by atoms with E-state index in [0.717, 1.165) is 5.56 Å². The molecular formula is C14H15N3O4. The Morgan fingerprint density at radius 2 is 2.10 bits per heavy atom. The minimum Gasteiger partial charge on any atom is -0.479 e. The van der Waals surface area contributed by atoms with E-state index in [1.165, 1.54) is 17.1 Å². The van der Waals surface area contributed by atoms with E-state index in [2.05, 4.69) is 10.3 Å². The Morgan fingerprint density at radius 1 is 1.38 bits per heavy atom. The fourth-order valence-corrected chi connectivity index (χ4v) is 1.79. The molecule has 0 aliphatic rings. The highest BCUT2D eigenvalue weighted by atomic mass is 16.5. The molecule has 1 heterocycles. The molecule has 1 unspecified atom stereocenters. The molecule has 0 bridgehead atoms. The molecule has 2 rings (SSSR count). The monoisotopic (exact) mass is 289 g/mol. The van der Waals surface area contributed by atoms with Gasteiger partial charge in [0.1, 0.15) is 6.61 Å². The molecule has 0 aliphatic heterocycles. The van der Waals surface area contributed by atoms with Crippen LogP contribution in [0.1, 0.15) is 17.3 Å². The summed E-state index contributed by atoms with van der Waals surface area (Å²) >= 11 is 0. The molecular weight excluding hydrogens is 274 g/mol. The van der Waals surface area contributed by atoms with Crippen molar-refractivity contribution in [3.63, 3.8) is 0 Å². The average Bonchev–Trinajstić information content (AvgIpc) is 2.89. The zero-order valence-corrected chi connectivity index (χ0v) is 11.4. The maximum absolute atomic E-state index is 11.7. The van der Waals surface area contributed by atoms with E-state index in [0.29, 0.717) is 5.69 Å². The Kier molecular flexibility index (Phi) is 4.55. The number of hydrogen-bond acceptors (Lipinski definition) is 4. The van der Waals surface area contributed by atoms with Gasteiger partial charge in [0.05, 0.1) is 18.2 Å². The second kappa shape index (κ2) is 6.56. The molecule has 0 fully saturated rings. The number of alkyl carbamates (subject to hydrolysis) is 1. The number of ether oxygens (including phenoxy) is 1. The molecule has 2 N–H and O–H groups in total. The number of aryl methyl sites for hydroxylation is 1. The van der Waals surface area contributed by atoms with Crippen LogP contribution >= 0.6 is 0 Å². The third kappa shape index (κ3) is 3.82. The molecule has 2 aromatic rings. The van der Waals surface area contributed by atoms with Crippen LogP contribution in [-0.2, 0) is 23.2 Å². The van der Waals surface area contributed by atoms with Crippen LogP contribution in [0.3, 0.4) is 0 Å². The lowest BCUT2D eigenvalue weighted by atomic mass is 10.2. The van der Waals surface area contributed by atoms with Gasteiger partial charge in [-0.15, -0.1) is 0 Å². The van der Waals surface area contributed by atoms with Crippen LogP contribution in [0.2, 0.25) is 0 Å². The SMILES string of the molecule is Cn1cncc1C(NC(=O)OCc1ccccc1)C(=O)O. The van der Waals surface area contributed by atoms with Crippen molar-refractivity contribution in [2.75, 3.05) is 0 Å². The Labute approximate surface area is 121 Å². The molecule has 0 radical (unpaired) electrons. The fraction of sp³-hybridized carbons (Fsp3) is 0.214. The largest absolute Gasteiger partial charge is 0.479 e. The first-order chi connectivity index (χ1) is 10.1. The predicted octanol–water partition coefficient (Wildman–Crippen LogP) is 1.47. The molecule has 1 aromatic heterocycles. The lowest BCUT2D eigenvalue weighted by Crippen LogP contribution is -2.35. The van der Waals surface area contributed by atoms with Crippen LogP contribution < -0.4 is 5.32 Å². The summed E-state index contributed by atoms with van der Waals surface area (Å²) in [5, 5.41) is 11.5. The summed E-state index contributed by atoms with van der Waals surface area (Å²) in [5.41, 5.74) is 1.18. The van der Waals surface area contributed by atoms with Gasteiger partial charge >= 0.3 is 12.1 Å². The molecule has 1 amide bonds. The number of nitrogens with zero attached hydrogens (tertiary/aromatic N) is 2. The molecule has 7 nitrogen and oxygen atoms in total. The van der Waals surface area contributed by atoms with Crippen molar-refractivity contribution < 1.29 is 19.4 Å². The summed E-state index contributed by atoms with van der Waals surface area (Å²) in [6.07, 6.45) is 2.05. The zero-order chi connectivity index (χ0) is 15.2. The number of aromatic nitrogens is 2. The smallest absolute Gasteiger partial charge is 0.408 e. The van der Waals surface area contributed by atoms with E-state index in [4.69, 9.17) is 4.74 Å². The summed E-state index contributed by atoms with van der Waals surface area (Å²) in [7, 11) is 1.65. The predicted molar refractivity (Wildman–Crippen MR) is 73.3 cm³/mol. The quantitative estimate of drug-likeness (QED) is 0.869. The lowest BCUT2D eigenvalue weighted by molar-refractivity contribution is -0.139. The topological polar surface area (TPSA) is 93.5 Å². The van der Waals surface area contributed by atoms with Crippen molar-refractivity contribution in [1.29, 1.82) is 0 Å². The van der Waals surface area contributed by atoms with Crippen LogP contribution in [-0.4, -0.2) is 26.7 Å². The van der Waals surface area contributed by atoms with Crippen LogP contribution in [0.5, 0.6) is 0 Å². The average molecular weight is 289 g/mol. The van der Waals surface area contributed by atoms with Crippen molar-refractivity contribution in [2.24, 2.45) is 7.05 Å². The van der Waals surface area contributed by atoms with Crippen molar-refractivity contribution in [2.45, 2.75) is 12.6 Å². The summed E-state index contributed by atoms with van der Waals surface area (Å²) in [6.45, 7) is 0.0738. The second-order valence-electron chi connectivity index (χ2n) is 4.41. The van der Waals surface area contributed by atoms with Gasteiger partial charge < -0.3 is 19.7 Å². The highest BCUT2D eigenvalue weighted by Gasteiger charge is 2.25. The van der Waals surface area contributed by atoms with Gasteiger partial charge in [-0.1, -0.05) is 30.3 Å². The van der Waals surface area contributed by atoms with Gasteiger partial charge in [0.2, 0.25) is 0 Å². The molecule has 1 atom stereocenters. The van der Waals surface area contributed by atoms with Crippen molar-refractivity contribution >= 4 is 12.1 Å². The number of nitrogens with one attached hydrogen (secondary N) is 1. The first kappa shape index (κ1) is 14.6. The van der Waals surface area contributed by atoms with Gasteiger partial charge in [-0.3, -0.25) is 0 Å². The highest BCUT2D eigenvalue weighted by molar-refractivity contribution is 5.80. The van der Waals surface area contributed by atoms with Gasteiger partial charge in [0.15, 0.2) is 6.04 Å². The lowest BCUT2D eigenvalue weighted by Gasteiger charge is -2.15. The second-order valence-corrected chi connectivity index (χ2v) is 4.41. The number of hydrogen-bond donors (Lipinski definition) is 2. The molecule has 0 spiro atoms. The third-order valence-electron chi connectivity index (χ3n) is 2.87. The number of carboxylic acid groups (broad SMARTS) is 1. The van der Waals surface area contributed by atoms with Crippen LogP contribution in [0.15, 0.2) is 42.9 Å². The van der Waals surface area contributed by atoms with E-state index in [1.54, 1.807) is 7.05 Å². The van der Waals surface area contributed by atoms with Crippen molar-refractivity contribution in [3.05, 3.63) is 54.1 Å². The Hall–Kier alpha value is -2.83. The van der Waals surface area contributed by atoms with Crippen LogP contribution in [0, 0.1) is 0 Å². The molecule has 7 heteroatoms. The van der Waals surface area contributed by atoms with Gasteiger partial charge in [-0.2, -0.15) is 0 Å². The molecule has 0 aliphatic carbocycles. The van der Waals surface area contributed by atoms with Gasteiger partial charge in [0, 0.05) is 7.05 Å². The third-order valence-corrected chi connectivity index (χ3v) is 2.87. The van der Waals surface area contributed by atoms with Gasteiger partial charge in [0.25, 0.3) is 0 Å². The summed E-state index contributed by atoms with van der Waals surface area (Å²) < 4.78 is 6.53. The fourth-order valence-electron chi connectivity index (χ4n) is 1.79. The maximum atomic E-state index is 11.7. The molecule has 0 saturated heterocycles. The number of imidazole rings is 1. The Balaban J connectivity index is 1.96. The van der Waals surface area contributed by atoms with E-state index < -0.39 is 18.1 Å². The summed E-state index contributed by atoms with van der Waals surface area (Å²) in [6, 6.07) is 7.91. The normalized spacial score (nSPS) is 11.7. The van der Waals surface area contributed by atoms with Crippen LogP contribution in [0.25, 0.3) is 0 Å². The van der Waals surface area contributed by atoms with Crippen molar-refractivity contribution in [3.8, 4) is 0 Å².